The van der Waals surface area contributed by atoms with Gasteiger partial charge in [0.15, 0.2) is 0 Å². The summed E-state index contributed by atoms with van der Waals surface area (Å²) < 4.78 is 71.4. The number of hydrogen-bond donors (Lipinski definition) is 1. The average Bonchev–Trinajstić information content (AvgIpc) is 3.24. The third-order valence-electron chi connectivity index (χ3n) is 5.90. The maximum atomic E-state index is 13.9. The maximum absolute atomic E-state index is 13.9. The third-order valence-corrected chi connectivity index (χ3v) is 5.90. The molecule has 3 atom stereocenters. The summed E-state index contributed by atoms with van der Waals surface area (Å²) in [7, 11) is 1.36. The molecule has 13 heteroatoms. The number of rotatable bonds is 4. The van der Waals surface area contributed by atoms with Gasteiger partial charge in [-0.1, -0.05) is 6.07 Å². The number of benzene rings is 1. The highest BCUT2D eigenvalue weighted by molar-refractivity contribution is 5.52. The highest BCUT2D eigenvalue weighted by Crippen LogP contribution is 2.38. The molecule has 0 aliphatic carbocycles. The number of ether oxygens (including phenoxy) is 3. The molecule has 2 aromatic heterocycles. The van der Waals surface area contributed by atoms with Crippen LogP contribution in [0.1, 0.15) is 24.4 Å². The van der Waals surface area contributed by atoms with Crippen molar-refractivity contribution in [2.45, 2.75) is 31.3 Å². The van der Waals surface area contributed by atoms with Gasteiger partial charge in [0.2, 0.25) is 5.88 Å². The Labute approximate surface area is 191 Å². The van der Waals surface area contributed by atoms with Crippen molar-refractivity contribution in [2.75, 3.05) is 38.7 Å². The van der Waals surface area contributed by atoms with E-state index in [1.54, 1.807) is 6.07 Å². The van der Waals surface area contributed by atoms with Gasteiger partial charge in [-0.3, -0.25) is 4.90 Å². The van der Waals surface area contributed by atoms with Crippen LogP contribution in [0, 0.1) is 5.82 Å². The van der Waals surface area contributed by atoms with Gasteiger partial charge in [0.25, 0.3) is 11.6 Å². The number of morpholine rings is 1. The number of nitrogens with zero attached hydrogens (tertiary/aromatic N) is 5. The quantitative estimate of drug-likeness (QED) is 0.569. The van der Waals surface area contributed by atoms with Crippen LogP contribution in [-0.2, 0) is 10.9 Å². The number of alkyl halides is 3. The van der Waals surface area contributed by atoms with Crippen molar-refractivity contribution in [3.8, 4) is 11.6 Å². The zero-order valence-electron chi connectivity index (χ0n) is 18.3. The molecular formula is C21H22F4N6O3. The minimum absolute atomic E-state index is 0.00130. The van der Waals surface area contributed by atoms with Crippen LogP contribution < -0.4 is 14.8 Å². The van der Waals surface area contributed by atoms with Gasteiger partial charge in [0, 0.05) is 30.8 Å². The van der Waals surface area contributed by atoms with E-state index in [-0.39, 0.29) is 36.2 Å². The number of anilines is 1. The summed E-state index contributed by atoms with van der Waals surface area (Å²) in [4.78, 5) is 9.69. The van der Waals surface area contributed by atoms with Gasteiger partial charge in [0.1, 0.15) is 24.0 Å². The first kappa shape index (κ1) is 22.6. The Morgan fingerprint density at radius 2 is 2.03 bits per heavy atom. The van der Waals surface area contributed by atoms with Crippen molar-refractivity contribution in [2.24, 2.45) is 0 Å². The van der Waals surface area contributed by atoms with E-state index in [1.807, 2.05) is 6.92 Å². The second-order valence-corrected chi connectivity index (χ2v) is 8.19. The Bertz CT molecular complexity index is 1200. The van der Waals surface area contributed by atoms with Crippen LogP contribution in [-0.4, -0.2) is 70.0 Å². The molecule has 0 spiro atoms. The van der Waals surface area contributed by atoms with Gasteiger partial charge < -0.3 is 19.5 Å². The van der Waals surface area contributed by atoms with E-state index < -0.39 is 23.9 Å². The van der Waals surface area contributed by atoms with E-state index in [1.165, 1.54) is 25.3 Å². The van der Waals surface area contributed by atoms with E-state index in [0.717, 1.165) is 4.52 Å². The molecule has 1 N–H and O–H groups in total. The Hall–Kier alpha value is -3.19. The number of aromatic nitrogens is 4. The fourth-order valence-electron chi connectivity index (χ4n) is 4.34. The lowest BCUT2D eigenvalue weighted by atomic mass is 9.94. The summed E-state index contributed by atoms with van der Waals surface area (Å²) in [5, 5.41) is 6.91. The van der Waals surface area contributed by atoms with Crippen LogP contribution in [0.2, 0.25) is 0 Å². The van der Waals surface area contributed by atoms with Gasteiger partial charge in [-0.25, -0.2) is 4.39 Å². The molecule has 0 saturated carbocycles. The molecule has 5 rings (SSSR count). The Kier molecular flexibility index (Phi) is 5.68. The monoisotopic (exact) mass is 482 g/mol. The van der Waals surface area contributed by atoms with Crippen molar-refractivity contribution < 1.29 is 31.8 Å². The van der Waals surface area contributed by atoms with E-state index in [0.29, 0.717) is 31.0 Å². The van der Waals surface area contributed by atoms with Gasteiger partial charge in [-0.05, 0) is 13.0 Å². The van der Waals surface area contributed by atoms with Gasteiger partial charge in [-0.2, -0.15) is 27.7 Å². The molecule has 4 heterocycles. The van der Waals surface area contributed by atoms with Gasteiger partial charge in [-0.15, -0.1) is 5.10 Å². The highest BCUT2D eigenvalue weighted by atomic mass is 19.4. The summed E-state index contributed by atoms with van der Waals surface area (Å²) in [5.41, 5.74) is 0.664. The van der Waals surface area contributed by atoms with Crippen LogP contribution in [0.15, 0.2) is 24.3 Å². The largest absolute Gasteiger partial charge is 0.491 e. The topological polar surface area (TPSA) is 86.0 Å². The molecule has 1 aromatic carbocycles. The first-order chi connectivity index (χ1) is 16.2. The van der Waals surface area contributed by atoms with E-state index >= 15 is 0 Å². The van der Waals surface area contributed by atoms with Crippen LogP contribution in [0.5, 0.6) is 11.6 Å². The highest BCUT2D eigenvalue weighted by Gasteiger charge is 2.39. The zero-order chi connectivity index (χ0) is 24.0. The smallest absolute Gasteiger partial charge is 0.453 e. The zero-order valence-corrected chi connectivity index (χ0v) is 18.3. The van der Waals surface area contributed by atoms with E-state index in [4.69, 9.17) is 14.2 Å². The number of nitrogens with one attached hydrogen (secondary N) is 1. The van der Waals surface area contributed by atoms with Crippen molar-refractivity contribution in [3.05, 3.63) is 41.5 Å². The molecule has 34 heavy (non-hydrogen) atoms. The predicted octanol–water partition coefficient (Wildman–Crippen LogP) is 2.93. The van der Waals surface area contributed by atoms with Crippen molar-refractivity contribution >= 4 is 11.6 Å². The lowest BCUT2D eigenvalue weighted by molar-refractivity contribution is -0.144. The van der Waals surface area contributed by atoms with Crippen molar-refractivity contribution in [1.29, 1.82) is 0 Å². The molecule has 0 radical (unpaired) electrons. The Balaban J connectivity index is 1.59. The fraction of sp³-hybridized carbons (Fsp3) is 0.476. The van der Waals surface area contributed by atoms with Gasteiger partial charge >= 0.3 is 6.18 Å². The molecular weight excluding hydrogens is 460 g/mol. The molecule has 9 nitrogen and oxygen atoms in total. The lowest BCUT2D eigenvalue weighted by Crippen LogP contribution is -2.54. The SMILES string of the molecule is COc1cc(N[C@H]2c3ccc(F)cc3OC[C@@H]2N2CCO[C@H](C)C2)n2nc(C(F)(F)F)nc2n1. The van der Waals surface area contributed by atoms with E-state index in [9.17, 15) is 17.6 Å². The van der Waals surface area contributed by atoms with Crippen LogP contribution >= 0.6 is 0 Å². The molecule has 2 aliphatic rings. The molecule has 2 aliphatic heterocycles. The Morgan fingerprint density at radius 1 is 1.21 bits per heavy atom. The second-order valence-electron chi connectivity index (χ2n) is 8.19. The van der Waals surface area contributed by atoms with Crippen molar-refractivity contribution in [3.63, 3.8) is 0 Å². The van der Waals surface area contributed by atoms with E-state index in [2.05, 4.69) is 25.3 Å². The average molecular weight is 482 g/mol. The minimum atomic E-state index is -4.74. The summed E-state index contributed by atoms with van der Waals surface area (Å²) >= 11 is 0. The molecule has 1 saturated heterocycles. The summed E-state index contributed by atoms with van der Waals surface area (Å²) in [6, 6.07) is 4.98. The van der Waals surface area contributed by atoms with Crippen LogP contribution in [0.4, 0.5) is 23.4 Å². The summed E-state index contributed by atoms with van der Waals surface area (Å²) in [6.45, 7) is 4.03. The summed E-state index contributed by atoms with van der Waals surface area (Å²) in [6.07, 6.45) is -4.74. The molecule has 0 amide bonds. The standard InChI is InChI=1S/C21H22F4N6O3/c1-11-9-30(5-6-33-11)14-10-34-15-7-12(22)3-4-13(15)18(14)26-16-8-17(32-2)27-20-28-19(21(23,24)25)29-31(16)20/h3-4,7-8,11,14,18,26H,5-6,9-10H2,1-2H3/t11-,14+,18+/m1/s1. The molecule has 1 fully saturated rings. The molecule has 3 aromatic rings. The first-order valence-electron chi connectivity index (χ1n) is 10.7. The number of hydrogen-bond acceptors (Lipinski definition) is 8. The lowest BCUT2D eigenvalue weighted by Gasteiger charge is -2.43. The molecule has 0 bridgehead atoms. The summed E-state index contributed by atoms with van der Waals surface area (Å²) in [5.74, 6) is -1.41. The molecule has 0 unspecified atom stereocenters. The molecule has 182 valence electrons. The second kappa shape index (κ2) is 8.55. The predicted molar refractivity (Wildman–Crippen MR) is 111 cm³/mol. The normalized spacial score (nSPS) is 23.4. The first-order valence-corrected chi connectivity index (χ1v) is 10.7. The Morgan fingerprint density at radius 3 is 2.76 bits per heavy atom. The van der Waals surface area contributed by atoms with Crippen molar-refractivity contribution in [1.82, 2.24) is 24.5 Å². The number of halogens is 4. The maximum Gasteiger partial charge on any atom is 0.453 e. The number of methoxy groups -OCH3 is 1. The minimum Gasteiger partial charge on any atom is -0.491 e. The third kappa shape index (κ3) is 4.20. The van der Waals surface area contributed by atoms with Gasteiger partial charge in [0.05, 0.1) is 31.9 Å². The number of fused-ring (bicyclic) bond motifs is 2. The van der Waals surface area contributed by atoms with Crippen LogP contribution in [0.3, 0.4) is 0 Å². The van der Waals surface area contributed by atoms with Crippen LogP contribution in [0.25, 0.3) is 5.78 Å². The fourth-order valence-corrected chi connectivity index (χ4v) is 4.34.